The van der Waals surface area contributed by atoms with Crippen LogP contribution in [0, 0.1) is 0 Å². The number of anilines is 1. The molecule has 0 spiro atoms. The van der Waals surface area contributed by atoms with Gasteiger partial charge < -0.3 is 25.3 Å². The van der Waals surface area contributed by atoms with Gasteiger partial charge in [0.05, 0.1) is 12.0 Å². The van der Waals surface area contributed by atoms with Gasteiger partial charge in [0, 0.05) is 5.69 Å². The standard InChI is InChI=1S/C18H17ClN2O5.K/c19-10-15(22)20-14-8-4-7-13(9-14)16(17(23)24)21-18(25)26-11-12-5-2-1-3-6-12;/h1-9,16H,10-11H2,(H,20,22)(H,21,25)(H,23,24);/q;+1/p-1/t16-;/m0./s1. The molecule has 2 N–H and O–H groups in total. The zero-order valence-electron chi connectivity index (χ0n) is 14.6. The second kappa shape index (κ2) is 12.1. The molecule has 0 radical (unpaired) electrons. The Morgan fingerprint density at radius 1 is 1.07 bits per heavy atom. The van der Waals surface area contributed by atoms with E-state index in [1.165, 1.54) is 18.2 Å². The Balaban J connectivity index is 0.00000364. The van der Waals surface area contributed by atoms with Crippen molar-refractivity contribution in [3.8, 4) is 0 Å². The number of carbonyl (C=O) groups is 3. The van der Waals surface area contributed by atoms with Crippen LogP contribution in [0.25, 0.3) is 0 Å². The molecule has 0 saturated carbocycles. The van der Waals surface area contributed by atoms with Crippen LogP contribution < -0.4 is 67.1 Å². The summed E-state index contributed by atoms with van der Waals surface area (Å²) in [5.74, 6) is -2.19. The summed E-state index contributed by atoms with van der Waals surface area (Å²) in [6.45, 7) is -0.00173. The van der Waals surface area contributed by atoms with Gasteiger partial charge in [-0.15, -0.1) is 11.6 Å². The second-order valence-electron chi connectivity index (χ2n) is 5.27. The van der Waals surface area contributed by atoms with E-state index in [1.54, 1.807) is 30.3 Å². The summed E-state index contributed by atoms with van der Waals surface area (Å²) in [5, 5.41) is 16.1. The fraction of sp³-hybridized carbons (Fsp3) is 0.167. The third-order valence-electron chi connectivity index (χ3n) is 3.34. The van der Waals surface area contributed by atoms with Crippen LogP contribution in [0.1, 0.15) is 17.2 Å². The molecule has 0 aliphatic rings. The molecule has 1 atom stereocenters. The average Bonchev–Trinajstić information content (AvgIpc) is 2.65. The predicted molar refractivity (Wildman–Crippen MR) is 93.3 cm³/mol. The van der Waals surface area contributed by atoms with Crippen molar-refractivity contribution < 1.29 is 75.6 Å². The molecule has 0 bridgehead atoms. The summed E-state index contributed by atoms with van der Waals surface area (Å²) >= 11 is 5.42. The van der Waals surface area contributed by atoms with Crippen molar-refractivity contribution in [2.45, 2.75) is 12.6 Å². The second-order valence-corrected chi connectivity index (χ2v) is 5.53. The summed E-state index contributed by atoms with van der Waals surface area (Å²) in [5.41, 5.74) is 1.33. The Morgan fingerprint density at radius 2 is 1.78 bits per heavy atom. The number of alkyl carbamates (subject to hydrolysis) is 1. The van der Waals surface area contributed by atoms with Crippen molar-refractivity contribution in [1.29, 1.82) is 0 Å². The van der Waals surface area contributed by atoms with Crippen molar-refractivity contribution in [1.82, 2.24) is 5.32 Å². The van der Waals surface area contributed by atoms with Gasteiger partial charge >= 0.3 is 57.5 Å². The van der Waals surface area contributed by atoms with Crippen LogP contribution >= 0.6 is 11.6 Å². The molecular weight excluding hydrogens is 399 g/mol. The van der Waals surface area contributed by atoms with E-state index in [-0.39, 0.29) is 69.4 Å². The van der Waals surface area contributed by atoms with Gasteiger partial charge in [-0.3, -0.25) is 4.79 Å². The largest absolute Gasteiger partial charge is 1.00 e. The zero-order chi connectivity index (χ0) is 18.9. The van der Waals surface area contributed by atoms with Gasteiger partial charge in [0.25, 0.3) is 0 Å². The monoisotopic (exact) mass is 414 g/mol. The first kappa shape index (κ1) is 23.6. The molecule has 0 saturated heterocycles. The normalized spacial score (nSPS) is 10.9. The Hall–Kier alpha value is -1.42. The number of benzene rings is 2. The van der Waals surface area contributed by atoms with Gasteiger partial charge in [-0.2, -0.15) is 0 Å². The summed E-state index contributed by atoms with van der Waals surface area (Å²) in [7, 11) is 0. The molecule has 136 valence electrons. The minimum absolute atomic E-state index is 0. The van der Waals surface area contributed by atoms with E-state index < -0.39 is 24.0 Å². The first-order valence-electron chi connectivity index (χ1n) is 7.63. The van der Waals surface area contributed by atoms with E-state index in [1.807, 2.05) is 6.07 Å². The van der Waals surface area contributed by atoms with E-state index in [4.69, 9.17) is 16.3 Å². The molecule has 9 heteroatoms. The van der Waals surface area contributed by atoms with Gasteiger partial charge in [-0.1, -0.05) is 42.5 Å². The maximum atomic E-state index is 11.9. The predicted octanol–water partition coefficient (Wildman–Crippen LogP) is -1.41. The molecule has 2 amide bonds. The SMILES string of the molecule is O=C(CCl)Nc1cccc([C@H](NC(=O)OCc2ccccc2)C(=O)[O-])c1.[K+]. The van der Waals surface area contributed by atoms with Gasteiger partial charge in [-0.05, 0) is 23.3 Å². The van der Waals surface area contributed by atoms with E-state index in [2.05, 4.69) is 10.6 Å². The molecule has 27 heavy (non-hydrogen) atoms. The molecule has 2 aromatic carbocycles. The third kappa shape index (κ3) is 8.00. The topological polar surface area (TPSA) is 108 Å². The number of hydrogen-bond donors (Lipinski definition) is 2. The van der Waals surface area contributed by atoms with Crippen LogP contribution in [-0.4, -0.2) is 23.8 Å². The van der Waals surface area contributed by atoms with Crippen molar-refractivity contribution in [2.24, 2.45) is 0 Å². The fourth-order valence-electron chi connectivity index (χ4n) is 2.15. The van der Waals surface area contributed by atoms with E-state index in [9.17, 15) is 19.5 Å². The number of aliphatic carboxylic acids is 1. The molecule has 0 heterocycles. The van der Waals surface area contributed by atoms with Gasteiger partial charge in [0.2, 0.25) is 5.91 Å². The molecule has 0 aromatic heterocycles. The maximum absolute atomic E-state index is 11.9. The first-order valence-corrected chi connectivity index (χ1v) is 8.17. The van der Waals surface area contributed by atoms with Crippen molar-refractivity contribution >= 4 is 35.3 Å². The van der Waals surface area contributed by atoms with Gasteiger partial charge in [-0.25, -0.2) is 4.79 Å². The fourth-order valence-corrected chi connectivity index (χ4v) is 2.22. The molecule has 2 aromatic rings. The quantitative estimate of drug-likeness (QED) is 0.427. The van der Waals surface area contributed by atoms with E-state index in [0.29, 0.717) is 5.69 Å². The van der Waals surface area contributed by atoms with Crippen molar-refractivity contribution in [3.05, 3.63) is 65.7 Å². The summed E-state index contributed by atoms with van der Waals surface area (Å²) in [6, 6.07) is 13.5. The minimum atomic E-state index is -1.51. The summed E-state index contributed by atoms with van der Waals surface area (Å²) in [4.78, 5) is 34.6. The zero-order valence-corrected chi connectivity index (χ0v) is 18.5. The van der Waals surface area contributed by atoms with Crippen LogP contribution in [0.2, 0.25) is 0 Å². The Morgan fingerprint density at radius 3 is 2.41 bits per heavy atom. The van der Waals surface area contributed by atoms with Gasteiger partial charge in [0.1, 0.15) is 12.5 Å². The van der Waals surface area contributed by atoms with Gasteiger partial charge in [0.15, 0.2) is 0 Å². The number of rotatable bonds is 7. The smallest absolute Gasteiger partial charge is 0.548 e. The Labute approximate surface area is 203 Å². The van der Waals surface area contributed by atoms with Crippen LogP contribution in [0.15, 0.2) is 54.6 Å². The summed E-state index contributed by atoms with van der Waals surface area (Å²) in [6.07, 6.45) is -0.904. The van der Waals surface area contributed by atoms with Crippen LogP contribution in [0.4, 0.5) is 10.5 Å². The van der Waals surface area contributed by atoms with E-state index >= 15 is 0 Å². The third-order valence-corrected chi connectivity index (χ3v) is 3.58. The van der Waals surface area contributed by atoms with E-state index in [0.717, 1.165) is 5.56 Å². The molecular formula is C18H16ClKN2O5. The van der Waals surface area contributed by atoms with Crippen molar-refractivity contribution in [2.75, 3.05) is 11.2 Å². The number of carboxylic acid groups (broad SMARTS) is 1. The number of halogens is 1. The molecule has 2 rings (SSSR count). The van der Waals surface area contributed by atoms with Crippen molar-refractivity contribution in [3.63, 3.8) is 0 Å². The first-order chi connectivity index (χ1) is 12.5. The number of carboxylic acids is 1. The number of ether oxygens (including phenoxy) is 1. The number of hydrogen-bond acceptors (Lipinski definition) is 5. The number of amides is 2. The molecule has 0 aliphatic carbocycles. The number of alkyl halides is 1. The Bertz CT molecular complexity index is 788. The molecule has 7 nitrogen and oxygen atoms in total. The molecule has 0 fully saturated rings. The molecule has 0 unspecified atom stereocenters. The maximum Gasteiger partial charge on any atom is 1.00 e. The Kier molecular flexibility index (Phi) is 10.6. The summed E-state index contributed by atoms with van der Waals surface area (Å²) < 4.78 is 5.01. The number of carbonyl (C=O) groups excluding carboxylic acids is 3. The van der Waals surface area contributed by atoms with Crippen LogP contribution in [0.3, 0.4) is 0 Å². The number of nitrogens with one attached hydrogen (secondary N) is 2. The minimum Gasteiger partial charge on any atom is -0.548 e. The molecule has 0 aliphatic heterocycles. The van der Waals surface area contributed by atoms with Crippen LogP contribution in [-0.2, 0) is 20.9 Å². The average molecular weight is 415 g/mol. The van der Waals surface area contributed by atoms with Crippen LogP contribution in [0.5, 0.6) is 0 Å².